The van der Waals surface area contributed by atoms with Crippen LogP contribution in [0.25, 0.3) is 0 Å². The average Bonchev–Trinajstić information content (AvgIpc) is 2.39. The van der Waals surface area contributed by atoms with Gasteiger partial charge in [-0.2, -0.15) is 0 Å². The molecule has 2 atom stereocenters. The lowest BCUT2D eigenvalue weighted by Gasteiger charge is -2.48. The normalized spacial score (nSPS) is 35.7. The second kappa shape index (κ2) is 5.36. The smallest absolute Gasteiger partial charge is 0.326 e. The molecule has 1 N–H and O–H groups in total. The molecule has 0 bridgehead atoms. The summed E-state index contributed by atoms with van der Waals surface area (Å²) in [5, 5.41) is 9.72. The number of carbonyl (C=O) groups is 1. The number of piperidine rings is 1. The number of likely N-dealkylation sites (tertiary alicyclic amines) is 1. The number of rotatable bonds is 3. The van der Waals surface area contributed by atoms with Crippen LogP contribution < -0.4 is 0 Å². The van der Waals surface area contributed by atoms with Gasteiger partial charge in [-0.3, -0.25) is 9.69 Å². The fourth-order valence-corrected chi connectivity index (χ4v) is 3.47. The van der Waals surface area contributed by atoms with Gasteiger partial charge in [-0.15, -0.1) is 0 Å². The van der Waals surface area contributed by atoms with E-state index in [1.165, 1.54) is 6.42 Å². The molecule has 98 valence electrons. The van der Waals surface area contributed by atoms with Crippen LogP contribution in [0.15, 0.2) is 0 Å². The van der Waals surface area contributed by atoms with Crippen molar-refractivity contribution in [3.63, 3.8) is 0 Å². The summed E-state index contributed by atoms with van der Waals surface area (Å²) >= 11 is 0. The Balaban J connectivity index is 2.25. The molecule has 1 saturated heterocycles. The van der Waals surface area contributed by atoms with Gasteiger partial charge in [0.15, 0.2) is 0 Å². The van der Waals surface area contributed by atoms with Crippen molar-refractivity contribution in [2.24, 2.45) is 0 Å². The maximum absolute atomic E-state index is 11.8. The van der Waals surface area contributed by atoms with E-state index in [1.807, 2.05) is 0 Å². The molecule has 2 rings (SSSR count). The van der Waals surface area contributed by atoms with Gasteiger partial charge in [0.05, 0.1) is 6.10 Å². The number of aliphatic carboxylic acids is 1. The van der Waals surface area contributed by atoms with E-state index in [9.17, 15) is 9.90 Å². The third-order valence-corrected chi connectivity index (χ3v) is 4.38. The van der Waals surface area contributed by atoms with Crippen LogP contribution in [0.4, 0.5) is 0 Å². The maximum atomic E-state index is 11.8. The Kier molecular flexibility index (Phi) is 4.05. The molecule has 1 aliphatic heterocycles. The molecule has 0 radical (unpaired) electrons. The number of hydrogen-bond donors (Lipinski definition) is 1. The summed E-state index contributed by atoms with van der Waals surface area (Å²) < 4.78 is 5.50. The number of carboxylic acids is 1. The van der Waals surface area contributed by atoms with Crippen LogP contribution in [0.2, 0.25) is 0 Å². The third kappa shape index (κ3) is 2.20. The van der Waals surface area contributed by atoms with Crippen molar-refractivity contribution < 1.29 is 14.6 Å². The van der Waals surface area contributed by atoms with E-state index in [0.717, 1.165) is 51.6 Å². The minimum atomic E-state index is -0.757. The Morgan fingerprint density at radius 3 is 2.53 bits per heavy atom. The van der Waals surface area contributed by atoms with Gasteiger partial charge in [-0.05, 0) is 38.8 Å². The first-order valence-electron chi connectivity index (χ1n) is 6.73. The molecule has 4 nitrogen and oxygen atoms in total. The number of nitrogens with zero attached hydrogens (tertiary/aromatic N) is 1. The summed E-state index contributed by atoms with van der Waals surface area (Å²) in [6.07, 6.45) is 7.01. The molecule has 1 aliphatic carbocycles. The number of carboxylic acid groups (broad SMARTS) is 1. The molecule has 1 heterocycles. The summed E-state index contributed by atoms with van der Waals surface area (Å²) in [5.74, 6) is -0.689. The van der Waals surface area contributed by atoms with E-state index < -0.39 is 11.5 Å². The zero-order chi connectivity index (χ0) is 12.3. The van der Waals surface area contributed by atoms with Crippen molar-refractivity contribution in [1.82, 2.24) is 4.90 Å². The van der Waals surface area contributed by atoms with Crippen LogP contribution >= 0.6 is 0 Å². The first-order valence-corrected chi connectivity index (χ1v) is 6.73. The van der Waals surface area contributed by atoms with Gasteiger partial charge in [-0.25, -0.2) is 0 Å². The molecule has 17 heavy (non-hydrogen) atoms. The molecule has 0 aromatic rings. The number of methoxy groups -OCH3 is 1. The zero-order valence-electron chi connectivity index (χ0n) is 10.7. The highest BCUT2D eigenvalue weighted by atomic mass is 16.5. The molecule has 2 aliphatic rings. The van der Waals surface area contributed by atoms with E-state index in [0.29, 0.717) is 0 Å². The molecular weight excluding hydrogens is 218 g/mol. The van der Waals surface area contributed by atoms with Gasteiger partial charge in [-0.1, -0.05) is 19.3 Å². The molecule has 0 aromatic carbocycles. The van der Waals surface area contributed by atoms with Crippen molar-refractivity contribution in [2.45, 2.75) is 56.6 Å². The van der Waals surface area contributed by atoms with Gasteiger partial charge in [0.25, 0.3) is 0 Å². The SMILES string of the molecule is COC1CCCCC1(C(=O)O)N1CCCCC1. The van der Waals surface area contributed by atoms with Crippen LogP contribution in [-0.4, -0.2) is 47.8 Å². The molecule has 0 amide bonds. The molecule has 2 fully saturated rings. The summed E-state index contributed by atoms with van der Waals surface area (Å²) in [6.45, 7) is 1.82. The maximum Gasteiger partial charge on any atom is 0.326 e. The Hall–Kier alpha value is -0.610. The van der Waals surface area contributed by atoms with Crippen LogP contribution in [-0.2, 0) is 9.53 Å². The quantitative estimate of drug-likeness (QED) is 0.819. The lowest BCUT2D eigenvalue weighted by molar-refractivity contribution is -0.169. The van der Waals surface area contributed by atoms with Crippen molar-refractivity contribution in [3.05, 3.63) is 0 Å². The predicted octanol–water partition coefficient (Wildman–Crippen LogP) is 1.88. The summed E-state index contributed by atoms with van der Waals surface area (Å²) in [6, 6.07) is 0. The van der Waals surface area contributed by atoms with Crippen molar-refractivity contribution in [1.29, 1.82) is 0 Å². The van der Waals surface area contributed by atoms with Crippen molar-refractivity contribution in [2.75, 3.05) is 20.2 Å². The first-order chi connectivity index (χ1) is 8.21. The minimum Gasteiger partial charge on any atom is -0.480 e. The molecule has 0 aromatic heterocycles. The summed E-state index contributed by atoms with van der Waals surface area (Å²) in [5.41, 5.74) is -0.757. The van der Waals surface area contributed by atoms with E-state index in [-0.39, 0.29) is 6.10 Å². The second-order valence-electron chi connectivity index (χ2n) is 5.25. The molecular formula is C13H23NO3. The molecule has 1 saturated carbocycles. The van der Waals surface area contributed by atoms with Crippen LogP contribution in [0.3, 0.4) is 0 Å². The lowest BCUT2D eigenvalue weighted by Crippen LogP contribution is -2.64. The van der Waals surface area contributed by atoms with E-state index >= 15 is 0 Å². The van der Waals surface area contributed by atoms with Crippen LogP contribution in [0, 0.1) is 0 Å². The summed E-state index contributed by atoms with van der Waals surface area (Å²) in [4.78, 5) is 14.0. The van der Waals surface area contributed by atoms with Gasteiger partial charge < -0.3 is 9.84 Å². The van der Waals surface area contributed by atoms with E-state index in [4.69, 9.17) is 4.74 Å². The van der Waals surface area contributed by atoms with Crippen molar-refractivity contribution in [3.8, 4) is 0 Å². The monoisotopic (exact) mass is 241 g/mol. The first kappa shape index (κ1) is 12.8. The topological polar surface area (TPSA) is 49.8 Å². The average molecular weight is 241 g/mol. The largest absolute Gasteiger partial charge is 0.480 e. The zero-order valence-corrected chi connectivity index (χ0v) is 10.7. The van der Waals surface area contributed by atoms with Gasteiger partial charge in [0.2, 0.25) is 0 Å². The predicted molar refractivity (Wildman–Crippen MR) is 65.1 cm³/mol. The fraction of sp³-hybridized carbons (Fsp3) is 0.923. The molecule has 0 spiro atoms. The Morgan fingerprint density at radius 1 is 1.24 bits per heavy atom. The fourth-order valence-electron chi connectivity index (χ4n) is 3.47. The van der Waals surface area contributed by atoms with Gasteiger partial charge >= 0.3 is 5.97 Å². The van der Waals surface area contributed by atoms with E-state index in [2.05, 4.69) is 4.90 Å². The number of ether oxygens (including phenoxy) is 1. The Labute approximate surface area is 103 Å². The second-order valence-corrected chi connectivity index (χ2v) is 5.25. The lowest BCUT2D eigenvalue weighted by atomic mass is 9.76. The number of hydrogen-bond acceptors (Lipinski definition) is 3. The highest BCUT2D eigenvalue weighted by Gasteiger charge is 2.52. The van der Waals surface area contributed by atoms with Crippen LogP contribution in [0.1, 0.15) is 44.9 Å². The highest BCUT2D eigenvalue weighted by molar-refractivity contribution is 5.80. The Bertz CT molecular complexity index is 276. The highest BCUT2D eigenvalue weighted by Crippen LogP contribution is 2.37. The molecule has 4 heteroatoms. The van der Waals surface area contributed by atoms with Crippen molar-refractivity contribution >= 4 is 5.97 Å². The summed E-state index contributed by atoms with van der Waals surface area (Å²) in [7, 11) is 1.65. The standard InChI is InChI=1S/C13H23NO3/c1-17-11-7-3-4-8-13(11,12(15)16)14-9-5-2-6-10-14/h11H,2-10H2,1H3,(H,15,16). The van der Waals surface area contributed by atoms with Gasteiger partial charge in [0, 0.05) is 7.11 Å². The van der Waals surface area contributed by atoms with Gasteiger partial charge in [0.1, 0.15) is 5.54 Å². The minimum absolute atomic E-state index is 0.146. The van der Waals surface area contributed by atoms with E-state index in [1.54, 1.807) is 7.11 Å². The van der Waals surface area contributed by atoms with Crippen LogP contribution in [0.5, 0.6) is 0 Å². The molecule has 2 unspecified atom stereocenters. The Morgan fingerprint density at radius 2 is 1.94 bits per heavy atom. The third-order valence-electron chi connectivity index (χ3n) is 4.38.